The van der Waals surface area contributed by atoms with Crippen molar-refractivity contribution in [2.24, 2.45) is 14.1 Å². The Hall–Kier alpha value is -2.74. The van der Waals surface area contributed by atoms with Gasteiger partial charge in [0, 0.05) is 63.1 Å². The van der Waals surface area contributed by atoms with Crippen LogP contribution in [0.1, 0.15) is 11.3 Å². The highest BCUT2D eigenvalue weighted by Crippen LogP contribution is 2.26. The highest BCUT2D eigenvalue weighted by Gasteiger charge is 2.25. The normalized spacial score (nSPS) is 14.9. The van der Waals surface area contributed by atoms with Crippen LogP contribution in [0.2, 0.25) is 0 Å². The van der Waals surface area contributed by atoms with Gasteiger partial charge in [0.15, 0.2) is 5.56 Å². The van der Waals surface area contributed by atoms with Gasteiger partial charge in [-0.3, -0.25) is 18.8 Å². The summed E-state index contributed by atoms with van der Waals surface area (Å²) in [6, 6.07) is 4.06. The van der Waals surface area contributed by atoms with E-state index in [2.05, 4.69) is 27.1 Å². The molecular weight excluding hydrogens is 408 g/mol. The first-order chi connectivity index (χ1) is 14.0. The van der Waals surface area contributed by atoms with Gasteiger partial charge in [0.25, 0.3) is 5.56 Å². The van der Waals surface area contributed by atoms with Gasteiger partial charge in [0.05, 0.1) is 5.69 Å². The van der Waals surface area contributed by atoms with Gasteiger partial charge in [-0.25, -0.2) is 9.78 Å². The number of rotatable bonds is 4. The Balaban J connectivity index is 1.48. The van der Waals surface area contributed by atoms with Crippen molar-refractivity contribution in [2.45, 2.75) is 6.54 Å². The van der Waals surface area contributed by atoms with Crippen LogP contribution in [0.4, 0.5) is 5.82 Å². The average molecular weight is 429 g/mol. The van der Waals surface area contributed by atoms with Crippen LogP contribution in [-0.4, -0.2) is 45.2 Å². The number of hydrogen-bond acceptors (Lipinski definition) is 8. The Morgan fingerprint density at radius 1 is 1.14 bits per heavy atom. The van der Waals surface area contributed by atoms with Crippen molar-refractivity contribution in [1.82, 2.24) is 19.0 Å². The van der Waals surface area contributed by atoms with Gasteiger partial charge in [0.1, 0.15) is 16.9 Å². The number of nitrogens with zero attached hydrogens (tertiary/aromatic N) is 6. The van der Waals surface area contributed by atoms with Gasteiger partial charge >= 0.3 is 5.69 Å². The standard InChI is InChI=1S/C19H20N6O2S2/c1-22-17(15(9-20)18(26)23(2)19(22)27)25-6-4-24(5-7-25)10-14-12-29-16(21-14)13-3-8-28-11-13/h3,8,11-12H,4-7,10H2,1-2H3. The molecule has 150 valence electrons. The van der Waals surface area contributed by atoms with Gasteiger partial charge in [-0.2, -0.15) is 16.6 Å². The Morgan fingerprint density at radius 3 is 2.55 bits per heavy atom. The summed E-state index contributed by atoms with van der Waals surface area (Å²) in [4.78, 5) is 33.6. The predicted molar refractivity (Wildman–Crippen MR) is 115 cm³/mol. The van der Waals surface area contributed by atoms with E-state index in [1.807, 2.05) is 11.0 Å². The van der Waals surface area contributed by atoms with E-state index in [-0.39, 0.29) is 5.56 Å². The minimum Gasteiger partial charge on any atom is -0.354 e. The fourth-order valence-electron chi connectivity index (χ4n) is 3.55. The minimum absolute atomic E-state index is 0.0166. The van der Waals surface area contributed by atoms with Gasteiger partial charge in [-0.15, -0.1) is 11.3 Å². The summed E-state index contributed by atoms with van der Waals surface area (Å²) >= 11 is 3.32. The first-order valence-electron chi connectivity index (χ1n) is 9.14. The molecule has 4 heterocycles. The van der Waals surface area contributed by atoms with Crippen molar-refractivity contribution in [3.8, 4) is 16.6 Å². The average Bonchev–Trinajstić information content (AvgIpc) is 3.41. The fraction of sp³-hybridized carbons (Fsp3) is 0.368. The van der Waals surface area contributed by atoms with Gasteiger partial charge < -0.3 is 4.90 Å². The van der Waals surface area contributed by atoms with Crippen molar-refractivity contribution < 1.29 is 0 Å². The second-order valence-electron chi connectivity index (χ2n) is 6.94. The number of thiazole rings is 1. The van der Waals surface area contributed by atoms with Crippen LogP contribution in [0.25, 0.3) is 10.6 Å². The SMILES string of the molecule is Cn1c(N2CCN(Cc3csc(-c4ccsc4)n3)CC2)c(C#N)c(=O)n(C)c1=O. The number of piperazine rings is 1. The van der Waals surface area contributed by atoms with Crippen LogP contribution in [0.3, 0.4) is 0 Å². The molecule has 0 aromatic carbocycles. The Labute approximate surface area is 175 Å². The van der Waals surface area contributed by atoms with Gasteiger partial charge in [-0.1, -0.05) is 0 Å². The molecule has 0 unspecified atom stereocenters. The monoisotopic (exact) mass is 428 g/mol. The fourth-order valence-corrected chi connectivity index (χ4v) is 5.07. The quantitative estimate of drug-likeness (QED) is 0.625. The van der Waals surface area contributed by atoms with Crippen molar-refractivity contribution in [2.75, 3.05) is 31.1 Å². The summed E-state index contributed by atoms with van der Waals surface area (Å²) in [5.41, 5.74) is 1.25. The molecule has 3 aromatic heterocycles. The molecule has 0 spiro atoms. The van der Waals surface area contributed by atoms with Crippen molar-refractivity contribution in [3.05, 3.63) is 54.3 Å². The topological polar surface area (TPSA) is 87.2 Å². The second kappa shape index (κ2) is 7.94. The molecule has 3 aromatic rings. The van der Waals surface area contributed by atoms with E-state index in [9.17, 15) is 14.9 Å². The molecule has 0 saturated carbocycles. The molecule has 29 heavy (non-hydrogen) atoms. The summed E-state index contributed by atoms with van der Waals surface area (Å²) < 4.78 is 2.37. The summed E-state index contributed by atoms with van der Waals surface area (Å²) in [7, 11) is 3.00. The number of anilines is 1. The summed E-state index contributed by atoms with van der Waals surface area (Å²) in [5.74, 6) is 0.411. The van der Waals surface area contributed by atoms with Crippen LogP contribution in [0.5, 0.6) is 0 Å². The molecule has 1 aliphatic rings. The number of nitriles is 1. The van der Waals surface area contributed by atoms with Crippen LogP contribution in [-0.2, 0) is 20.6 Å². The zero-order valence-electron chi connectivity index (χ0n) is 16.2. The molecule has 0 bridgehead atoms. The first kappa shape index (κ1) is 19.6. The van der Waals surface area contributed by atoms with E-state index < -0.39 is 11.2 Å². The van der Waals surface area contributed by atoms with Crippen LogP contribution >= 0.6 is 22.7 Å². The molecule has 4 rings (SSSR count). The largest absolute Gasteiger partial charge is 0.354 e. The second-order valence-corrected chi connectivity index (χ2v) is 8.57. The van der Waals surface area contributed by atoms with Crippen LogP contribution < -0.4 is 16.1 Å². The smallest absolute Gasteiger partial charge is 0.332 e. The molecule has 1 saturated heterocycles. The van der Waals surface area contributed by atoms with E-state index in [1.165, 1.54) is 11.6 Å². The van der Waals surface area contributed by atoms with E-state index in [4.69, 9.17) is 4.98 Å². The first-order valence-corrected chi connectivity index (χ1v) is 11.0. The highest BCUT2D eigenvalue weighted by molar-refractivity contribution is 7.14. The molecule has 0 radical (unpaired) electrons. The summed E-state index contributed by atoms with van der Waals surface area (Å²) in [5, 5.41) is 16.8. The molecule has 0 aliphatic carbocycles. The highest BCUT2D eigenvalue weighted by atomic mass is 32.1. The van der Waals surface area contributed by atoms with Gasteiger partial charge in [-0.05, 0) is 11.4 Å². The molecular formula is C19H20N6O2S2. The molecule has 1 fully saturated rings. The maximum atomic E-state index is 12.3. The van der Waals surface area contributed by atoms with Crippen molar-refractivity contribution >= 4 is 28.5 Å². The molecule has 0 N–H and O–H groups in total. The zero-order valence-corrected chi connectivity index (χ0v) is 17.8. The van der Waals surface area contributed by atoms with E-state index in [1.54, 1.807) is 29.7 Å². The van der Waals surface area contributed by atoms with Crippen LogP contribution in [0, 0.1) is 11.3 Å². The lowest BCUT2D eigenvalue weighted by molar-refractivity contribution is 0.246. The van der Waals surface area contributed by atoms with Crippen molar-refractivity contribution in [3.63, 3.8) is 0 Å². The molecule has 0 amide bonds. The molecule has 1 aliphatic heterocycles. The van der Waals surface area contributed by atoms with E-state index in [0.717, 1.165) is 40.5 Å². The summed E-state index contributed by atoms with van der Waals surface area (Å²) in [6.45, 7) is 3.56. The molecule has 10 heteroatoms. The maximum absolute atomic E-state index is 12.3. The van der Waals surface area contributed by atoms with Crippen molar-refractivity contribution in [1.29, 1.82) is 5.26 Å². The third kappa shape index (κ3) is 3.64. The minimum atomic E-state index is -0.545. The molecule has 0 atom stereocenters. The van der Waals surface area contributed by atoms with E-state index >= 15 is 0 Å². The lowest BCUT2D eigenvalue weighted by Gasteiger charge is -2.36. The summed E-state index contributed by atoms with van der Waals surface area (Å²) in [6.07, 6.45) is 0. The molecule has 8 nitrogen and oxygen atoms in total. The Bertz CT molecular complexity index is 1180. The lowest BCUT2D eigenvalue weighted by atomic mass is 10.2. The number of thiophene rings is 1. The predicted octanol–water partition coefficient (Wildman–Crippen LogP) is 1.46. The van der Waals surface area contributed by atoms with Gasteiger partial charge in [0.2, 0.25) is 0 Å². The maximum Gasteiger partial charge on any atom is 0.332 e. The van der Waals surface area contributed by atoms with E-state index in [0.29, 0.717) is 18.9 Å². The number of aromatic nitrogens is 3. The third-order valence-electron chi connectivity index (χ3n) is 5.12. The third-order valence-corrected chi connectivity index (χ3v) is 6.75. The Morgan fingerprint density at radius 2 is 1.90 bits per heavy atom. The number of hydrogen-bond donors (Lipinski definition) is 0. The zero-order chi connectivity index (χ0) is 20.5. The lowest BCUT2D eigenvalue weighted by Crippen LogP contribution is -2.50. The van der Waals surface area contributed by atoms with Crippen LogP contribution in [0.15, 0.2) is 31.8 Å². The Kier molecular flexibility index (Phi) is 5.36.